The number of hydrazine groups is 1. The Balaban J connectivity index is 2.20. The van der Waals surface area contributed by atoms with Crippen LogP contribution in [0.3, 0.4) is 0 Å². The SMILES string of the molecule is NNc1ncccc1S(=O)(=O)NCc1ncon1. The van der Waals surface area contributed by atoms with Gasteiger partial charge in [0.2, 0.25) is 16.4 Å². The number of nitrogens with one attached hydrogen (secondary N) is 2. The first kappa shape index (κ1) is 12.4. The lowest BCUT2D eigenvalue weighted by molar-refractivity contribution is 0.409. The molecular weight excluding hydrogens is 260 g/mol. The summed E-state index contributed by atoms with van der Waals surface area (Å²) in [4.78, 5) is 7.44. The summed E-state index contributed by atoms with van der Waals surface area (Å²) in [5.41, 5.74) is 2.21. The molecule has 0 spiro atoms. The van der Waals surface area contributed by atoms with Crippen molar-refractivity contribution >= 4 is 15.8 Å². The summed E-state index contributed by atoms with van der Waals surface area (Å²) in [5, 5.41) is 3.49. The van der Waals surface area contributed by atoms with E-state index in [1.165, 1.54) is 18.3 Å². The molecule has 0 fully saturated rings. The van der Waals surface area contributed by atoms with E-state index in [4.69, 9.17) is 5.84 Å². The molecule has 0 aliphatic heterocycles. The van der Waals surface area contributed by atoms with Gasteiger partial charge in [0.1, 0.15) is 4.90 Å². The maximum Gasteiger partial charge on any atom is 0.244 e. The van der Waals surface area contributed by atoms with Crippen molar-refractivity contribution in [2.45, 2.75) is 11.4 Å². The lowest BCUT2D eigenvalue weighted by Crippen LogP contribution is -2.25. The minimum atomic E-state index is -3.76. The highest BCUT2D eigenvalue weighted by molar-refractivity contribution is 7.89. The van der Waals surface area contributed by atoms with E-state index < -0.39 is 10.0 Å². The van der Waals surface area contributed by atoms with Crippen molar-refractivity contribution in [3.8, 4) is 0 Å². The first-order valence-electron chi connectivity index (χ1n) is 4.80. The van der Waals surface area contributed by atoms with Gasteiger partial charge in [0.15, 0.2) is 11.6 Å². The normalized spacial score (nSPS) is 11.4. The molecule has 0 radical (unpaired) electrons. The van der Waals surface area contributed by atoms with Crippen LogP contribution in [0.1, 0.15) is 5.82 Å². The third-order valence-electron chi connectivity index (χ3n) is 2.02. The molecule has 0 amide bonds. The minimum absolute atomic E-state index is 0.0538. The predicted octanol–water partition coefficient (Wildman–Crippen LogP) is -0.771. The average Bonchev–Trinajstić information content (AvgIpc) is 2.89. The Morgan fingerprint density at radius 2 is 2.22 bits per heavy atom. The molecule has 2 heterocycles. The van der Waals surface area contributed by atoms with E-state index in [2.05, 4.69) is 29.8 Å². The van der Waals surface area contributed by atoms with Gasteiger partial charge in [-0.25, -0.2) is 24.0 Å². The Hall–Kier alpha value is -2.04. The molecule has 18 heavy (non-hydrogen) atoms. The summed E-state index contributed by atoms with van der Waals surface area (Å²) in [6.45, 7) is -0.0856. The Morgan fingerprint density at radius 3 is 2.89 bits per heavy atom. The number of pyridine rings is 1. The topological polar surface area (TPSA) is 136 Å². The molecule has 0 atom stereocenters. The second-order valence-corrected chi connectivity index (χ2v) is 4.90. The van der Waals surface area contributed by atoms with Crippen LogP contribution in [-0.2, 0) is 16.6 Å². The minimum Gasteiger partial charge on any atom is -0.343 e. The maximum absolute atomic E-state index is 12.0. The largest absolute Gasteiger partial charge is 0.343 e. The van der Waals surface area contributed by atoms with Gasteiger partial charge in [-0.05, 0) is 12.1 Å². The first-order chi connectivity index (χ1) is 8.63. The highest BCUT2D eigenvalue weighted by Crippen LogP contribution is 2.16. The number of hydrogen-bond donors (Lipinski definition) is 3. The molecular formula is C8H10N6O3S. The van der Waals surface area contributed by atoms with Crippen molar-refractivity contribution in [2.24, 2.45) is 5.84 Å². The van der Waals surface area contributed by atoms with Gasteiger partial charge in [-0.1, -0.05) is 5.16 Å². The van der Waals surface area contributed by atoms with Crippen molar-refractivity contribution in [1.29, 1.82) is 0 Å². The number of nitrogen functional groups attached to an aromatic ring is 1. The highest BCUT2D eigenvalue weighted by Gasteiger charge is 2.19. The monoisotopic (exact) mass is 270 g/mol. The molecule has 0 aliphatic rings. The maximum atomic E-state index is 12.0. The smallest absolute Gasteiger partial charge is 0.244 e. The summed E-state index contributed by atoms with van der Waals surface area (Å²) in [7, 11) is -3.76. The van der Waals surface area contributed by atoms with E-state index in [9.17, 15) is 8.42 Å². The number of sulfonamides is 1. The van der Waals surface area contributed by atoms with Crippen LogP contribution >= 0.6 is 0 Å². The zero-order chi connectivity index (χ0) is 13.0. The second kappa shape index (κ2) is 5.08. The second-order valence-electron chi connectivity index (χ2n) is 3.17. The molecule has 4 N–H and O–H groups in total. The molecule has 0 aliphatic carbocycles. The van der Waals surface area contributed by atoms with E-state index in [0.29, 0.717) is 0 Å². The third-order valence-corrected chi connectivity index (χ3v) is 3.46. The number of nitrogens with two attached hydrogens (primary N) is 1. The van der Waals surface area contributed by atoms with Gasteiger partial charge in [0.05, 0.1) is 6.54 Å². The summed E-state index contributed by atoms with van der Waals surface area (Å²) in [6.07, 6.45) is 2.54. The fraction of sp³-hybridized carbons (Fsp3) is 0.125. The molecule has 2 rings (SSSR count). The molecule has 0 bridgehead atoms. The molecule has 0 saturated heterocycles. The third kappa shape index (κ3) is 2.61. The van der Waals surface area contributed by atoms with E-state index in [1.807, 2.05) is 0 Å². The number of aromatic nitrogens is 3. The molecule has 2 aromatic rings. The van der Waals surface area contributed by atoms with Gasteiger partial charge in [-0.3, -0.25) is 0 Å². The van der Waals surface area contributed by atoms with Crippen molar-refractivity contribution in [1.82, 2.24) is 19.8 Å². The summed E-state index contributed by atoms with van der Waals surface area (Å²) in [5.74, 6) is 5.47. The number of rotatable bonds is 5. The summed E-state index contributed by atoms with van der Waals surface area (Å²) >= 11 is 0. The van der Waals surface area contributed by atoms with Crippen LogP contribution in [0.15, 0.2) is 34.1 Å². The summed E-state index contributed by atoms with van der Waals surface area (Å²) in [6, 6.07) is 2.87. The van der Waals surface area contributed by atoms with Gasteiger partial charge in [-0.15, -0.1) is 0 Å². The van der Waals surface area contributed by atoms with Gasteiger partial charge in [-0.2, -0.15) is 4.98 Å². The summed E-state index contributed by atoms with van der Waals surface area (Å²) < 4.78 is 30.7. The van der Waals surface area contributed by atoms with Gasteiger partial charge in [0.25, 0.3) is 0 Å². The lowest BCUT2D eigenvalue weighted by Gasteiger charge is -2.08. The number of nitrogens with zero attached hydrogens (tertiary/aromatic N) is 3. The Morgan fingerprint density at radius 1 is 1.39 bits per heavy atom. The quantitative estimate of drug-likeness (QED) is 0.476. The zero-order valence-electron chi connectivity index (χ0n) is 9.07. The first-order valence-corrected chi connectivity index (χ1v) is 6.28. The van der Waals surface area contributed by atoms with Gasteiger partial charge >= 0.3 is 0 Å². The number of hydrogen-bond acceptors (Lipinski definition) is 8. The molecule has 10 heteroatoms. The fourth-order valence-corrected chi connectivity index (χ4v) is 2.32. The Kier molecular flexibility index (Phi) is 3.50. The number of anilines is 1. The fourth-order valence-electron chi connectivity index (χ4n) is 1.22. The van der Waals surface area contributed by atoms with Crippen LogP contribution < -0.4 is 16.0 Å². The van der Waals surface area contributed by atoms with Crippen molar-refractivity contribution in [2.75, 3.05) is 5.43 Å². The van der Waals surface area contributed by atoms with Crippen LogP contribution in [0.5, 0.6) is 0 Å². The van der Waals surface area contributed by atoms with Crippen molar-refractivity contribution < 1.29 is 12.9 Å². The Bertz CT molecular complexity index is 612. The van der Waals surface area contributed by atoms with Crippen molar-refractivity contribution in [3.63, 3.8) is 0 Å². The highest BCUT2D eigenvalue weighted by atomic mass is 32.2. The van der Waals surface area contributed by atoms with Crippen LogP contribution in [0.25, 0.3) is 0 Å². The zero-order valence-corrected chi connectivity index (χ0v) is 9.88. The average molecular weight is 270 g/mol. The van der Waals surface area contributed by atoms with E-state index in [1.54, 1.807) is 0 Å². The van der Waals surface area contributed by atoms with E-state index >= 15 is 0 Å². The molecule has 96 valence electrons. The van der Waals surface area contributed by atoms with Crippen LogP contribution in [0.4, 0.5) is 5.82 Å². The lowest BCUT2D eigenvalue weighted by atomic mass is 10.5. The molecule has 0 unspecified atom stereocenters. The molecule has 2 aromatic heterocycles. The van der Waals surface area contributed by atoms with Gasteiger partial charge < -0.3 is 9.95 Å². The molecule has 0 aromatic carbocycles. The van der Waals surface area contributed by atoms with E-state index in [0.717, 1.165) is 6.39 Å². The van der Waals surface area contributed by atoms with Crippen LogP contribution in [0.2, 0.25) is 0 Å². The molecule has 0 saturated carbocycles. The van der Waals surface area contributed by atoms with Crippen molar-refractivity contribution in [3.05, 3.63) is 30.5 Å². The van der Waals surface area contributed by atoms with Gasteiger partial charge in [0, 0.05) is 6.20 Å². The van der Waals surface area contributed by atoms with E-state index in [-0.39, 0.29) is 23.1 Å². The predicted molar refractivity (Wildman–Crippen MR) is 60.4 cm³/mol. The Labute approximate surface area is 102 Å². The standard InChI is InChI=1S/C8H10N6O3S/c9-13-8-6(2-1-3-10-8)18(15,16)12-4-7-11-5-17-14-7/h1-3,5,12H,4,9H2,(H,10,13). The van der Waals surface area contributed by atoms with Crippen LogP contribution in [-0.4, -0.2) is 23.5 Å². The molecule has 9 nitrogen and oxygen atoms in total. The van der Waals surface area contributed by atoms with Crippen LogP contribution in [0, 0.1) is 0 Å².